The van der Waals surface area contributed by atoms with Crippen molar-refractivity contribution in [2.75, 3.05) is 20.3 Å². The Hall–Kier alpha value is -2.08. The van der Waals surface area contributed by atoms with E-state index in [2.05, 4.69) is 68.1 Å². The van der Waals surface area contributed by atoms with E-state index in [0.29, 0.717) is 0 Å². The number of rotatable bonds is 5. The fourth-order valence-electron chi connectivity index (χ4n) is 3.31. The highest BCUT2D eigenvalue weighted by Crippen LogP contribution is 2.30. The quantitative estimate of drug-likeness (QED) is 0.603. The highest BCUT2D eigenvalue weighted by molar-refractivity contribution is 9.10. The van der Waals surface area contributed by atoms with E-state index in [9.17, 15) is 0 Å². The molecule has 4 nitrogen and oxygen atoms in total. The molecule has 0 aliphatic carbocycles. The van der Waals surface area contributed by atoms with Crippen LogP contribution in [-0.4, -0.2) is 29.7 Å². The monoisotopic (exact) mass is 412 g/mol. The topological polar surface area (TPSA) is 26.6 Å². The molecule has 0 radical (unpaired) electrons. The Morgan fingerprint density at radius 2 is 1.92 bits per heavy atom. The van der Waals surface area contributed by atoms with E-state index in [1.807, 2.05) is 24.3 Å². The highest BCUT2D eigenvalue weighted by atomic mass is 79.9. The molecule has 1 fully saturated rings. The summed E-state index contributed by atoms with van der Waals surface area (Å²) < 4.78 is 14.5. The van der Waals surface area contributed by atoms with Gasteiger partial charge in [0, 0.05) is 35.5 Å². The van der Waals surface area contributed by atoms with Crippen LogP contribution >= 0.6 is 15.9 Å². The fourth-order valence-corrected chi connectivity index (χ4v) is 3.80. The largest absolute Gasteiger partial charge is 0.497 e. The molecule has 26 heavy (non-hydrogen) atoms. The van der Waals surface area contributed by atoms with Crippen LogP contribution in [0.2, 0.25) is 0 Å². The van der Waals surface area contributed by atoms with E-state index < -0.39 is 0 Å². The van der Waals surface area contributed by atoms with Gasteiger partial charge in [0.2, 0.25) is 0 Å². The maximum atomic E-state index is 6.02. The standard InChI is InChI=1S/C21H21BrN2O2/c1-25-18-8-6-16(7-9-18)14-24-12-13-26-21(24)17-10-11-23(15-17)20-5-3-2-4-19(20)22/h2-11,15,21H,12-14H2,1H3. The summed E-state index contributed by atoms with van der Waals surface area (Å²) in [5.74, 6) is 0.883. The summed E-state index contributed by atoms with van der Waals surface area (Å²) in [7, 11) is 1.69. The normalized spacial score (nSPS) is 17.5. The second-order valence-corrected chi connectivity index (χ2v) is 7.20. The first-order valence-corrected chi connectivity index (χ1v) is 9.45. The Bertz CT molecular complexity index is 876. The molecule has 0 N–H and O–H groups in total. The predicted molar refractivity (Wildman–Crippen MR) is 106 cm³/mol. The van der Waals surface area contributed by atoms with Crippen LogP contribution in [0.1, 0.15) is 17.4 Å². The van der Waals surface area contributed by atoms with Crippen molar-refractivity contribution in [2.45, 2.75) is 12.8 Å². The van der Waals surface area contributed by atoms with E-state index in [1.54, 1.807) is 7.11 Å². The van der Waals surface area contributed by atoms with Gasteiger partial charge in [-0.2, -0.15) is 0 Å². The van der Waals surface area contributed by atoms with Gasteiger partial charge in [0.05, 0.1) is 19.4 Å². The Balaban J connectivity index is 1.52. The second-order valence-electron chi connectivity index (χ2n) is 6.35. The van der Waals surface area contributed by atoms with Gasteiger partial charge in [0.15, 0.2) is 0 Å². The molecule has 1 aliphatic heterocycles. The molecular weight excluding hydrogens is 392 g/mol. The van der Waals surface area contributed by atoms with E-state index in [1.165, 1.54) is 11.1 Å². The molecule has 1 aliphatic rings. The zero-order valence-corrected chi connectivity index (χ0v) is 16.2. The summed E-state index contributed by atoms with van der Waals surface area (Å²) in [4.78, 5) is 2.36. The molecule has 0 saturated carbocycles. The zero-order valence-electron chi connectivity index (χ0n) is 14.6. The van der Waals surface area contributed by atoms with Crippen LogP contribution in [0.15, 0.2) is 71.5 Å². The van der Waals surface area contributed by atoms with E-state index in [-0.39, 0.29) is 6.23 Å². The van der Waals surface area contributed by atoms with E-state index in [4.69, 9.17) is 9.47 Å². The third-order valence-corrected chi connectivity index (χ3v) is 5.33. The van der Waals surface area contributed by atoms with Gasteiger partial charge >= 0.3 is 0 Å². The van der Waals surface area contributed by atoms with Crippen molar-refractivity contribution in [3.63, 3.8) is 0 Å². The van der Waals surface area contributed by atoms with Gasteiger partial charge in [-0.05, 0) is 51.8 Å². The third-order valence-electron chi connectivity index (χ3n) is 4.66. The van der Waals surface area contributed by atoms with Crippen molar-refractivity contribution in [1.82, 2.24) is 9.47 Å². The number of hydrogen-bond acceptors (Lipinski definition) is 3. The smallest absolute Gasteiger partial charge is 0.138 e. The number of hydrogen-bond donors (Lipinski definition) is 0. The van der Waals surface area contributed by atoms with Crippen LogP contribution in [0.4, 0.5) is 0 Å². The summed E-state index contributed by atoms with van der Waals surface area (Å²) in [6, 6.07) is 18.6. The lowest BCUT2D eigenvalue weighted by molar-refractivity contribution is 0.0288. The molecule has 1 unspecified atom stereocenters. The average Bonchev–Trinajstić information content (AvgIpc) is 3.32. The molecule has 4 rings (SSSR count). The molecule has 0 bridgehead atoms. The minimum absolute atomic E-state index is 0.0131. The number of aromatic nitrogens is 1. The molecule has 2 heterocycles. The highest BCUT2D eigenvalue weighted by Gasteiger charge is 2.27. The maximum absolute atomic E-state index is 6.02. The zero-order chi connectivity index (χ0) is 17.9. The minimum Gasteiger partial charge on any atom is -0.497 e. The summed E-state index contributed by atoms with van der Waals surface area (Å²) in [6.07, 6.45) is 4.22. The minimum atomic E-state index is -0.0131. The Labute approximate surface area is 162 Å². The number of methoxy groups -OCH3 is 1. The molecule has 1 atom stereocenters. The molecule has 134 valence electrons. The Morgan fingerprint density at radius 1 is 1.12 bits per heavy atom. The lowest BCUT2D eigenvalue weighted by Crippen LogP contribution is -2.23. The summed E-state index contributed by atoms with van der Waals surface area (Å²) in [5, 5.41) is 0. The van der Waals surface area contributed by atoms with Crippen LogP contribution < -0.4 is 4.74 Å². The van der Waals surface area contributed by atoms with Gasteiger partial charge in [0.1, 0.15) is 12.0 Å². The van der Waals surface area contributed by atoms with Gasteiger partial charge in [-0.15, -0.1) is 0 Å². The number of nitrogens with zero attached hydrogens (tertiary/aromatic N) is 2. The lowest BCUT2D eigenvalue weighted by atomic mass is 10.2. The third kappa shape index (κ3) is 3.56. The van der Waals surface area contributed by atoms with Gasteiger partial charge < -0.3 is 14.0 Å². The Morgan fingerprint density at radius 3 is 2.69 bits per heavy atom. The molecule has 0 spiro atoms. The van der Waals surface area contributed by atoms with Crippen LogP contribution in [-0.2, 0) is 11.3 Å². The molecule has 3 aromatic rings. The van der Waals surface area contributed by atoms with Gasteiger partial charge in [0.25, 0.3) is 0 Å². The van der Waals surface area contributed by atoms with E-state index >= 15 is 0 Å². The first-order chi connectivity index (χ1) is 12.7. The molecule has 5 heteroatoms. The maximum Gasteiger partial charge on any atom is 0.138 e. The van der Waals surface area contributed by atoms with Crippen LogP contribution in [0.25, 0.3) is 5.69 Å². The SMILES string of the molecule is COc1ccc(CN2CCOC2c2ccn(-c3ccccc3Br)c2)cc1. The van der Waals surface area contributed by atoms with Crippen LogP contribution in [0.5, 0.6) is 5.75 Å². The van der Waals surface area contributed by atoms with Gasteiger partial charge in [-0.25, -0.2) is 0 Å². The van der Waals surface area contributed by atoms with Crippen molar-refractivity contribution >= 4 is 15.9 Å². The number of ether oxygens (including phenoxy) is 2. The molecule has 1 aromatic heterocycles. The summed E-state index contributed by atoms with van der Waals surface area (Å²) in [5.41, 5.74) is 3.55. The van der Waals surface area contributed by atoms with Gasteiger partial charge in [-0.1, -0.05) is 24.3 Å². The van der Waals surface area contributed by atoms with E-state index in [0.717, 1.165) is 35.6 Å². The van der Waals surface area contributed by atoms with Gasteiger partial charge in [-0.3, -0.25) is 4.90 Å². The van der Waals surface area contributed by atoms with Crippen LogP contribution in [0, 0.1) is 0 Å². The summed E-state index contributed by atoms with van der Waals surface area (Å²) in [6.45, 7) is 2.53. The molecule has 2 aromatic carbocycles. The second kappa shape index (κ2) is 7.66. The van der Waals surface area contributed by atoms with Crippen LogP contribution in [0.3, 0.4) is 0 Å². The fraction of sp³-hybridized carbons (Fsp3) is 0.238. The molecule has 1 saturated heterocycles. The predicted octanol–water partition coefficient (Wildman–Crippen LogP) is 4.78. The van der Waals surface area contributed by atoms with Crippen molar-refractivity contribution in [1.29, 1.82) is 0 Å². The average molecular weight is 413 g/mol. The number of para-hydroxylation sites is 1. The summed E-state index contributed by atoms with van der Waals surface area (Å²) >= 11 is 3.62. The van der Waals surface area contributed by atoms with Crippen molar-refractivity contribution in [3.05, 3.63) is 82.6 Å². The van der Waals surface area contributed by atoms with Crippen molar-refractivity contribution < 1.29 is 9.47 Å². The van der Waals surface area contributed by atoms with Crippen molar-refractivity contribution in [3.8, 4) is 11.4 Å². The number of benzene rings is 2. The Kier molecular flexibility index (Phi) is 5.11. The number of halogens is 1. The molecule has 0 amide bonds. The first-order valence-electron chi connectivity index (χ1n) is 8.66. The van der Waals surface area contributed by atoms with Crippen molar-refractivity contribution in [2.24, 2.45) is 0 Å². The first kappa shape index (κ1) is 17.3. The lowest BCUT2D eigenvalue weighted by Gasteiger charge is -2.22. The molecular formula is C21H21BrN2O2.